The van der Waals surface area contributed by atoms with Crippen LogP contribution in [0.4, 0.5) is 5.69 Å². The zero-order valence-corrected chi connectivity index (χ0v) is 15.8. The molecule has 2 aromatic carbocycles. The number of benzene rings is 2. The molecule has 4 nitrogen and oxygen atoms in total. The van der Waals surface area contributed by atoms with Crippen LogP contribution < -0.4 is 10.9 Å². The second kappa shape index (κ2) is 6.84. The van der Waals surface area contributed by atoms with Crippen LogP contribution in [0.15, 0.2) is 56.1 Å². The number of hydrogen-bond acceptors (Lipinski definition) is 3. The molecule has 0 atom stereocenters. The summed E-state index contributed by atoms with van der Waals surface area (Å²) in [7, 11) is 0. The minimum atomic E-state index is -0.646. The van der Waals surface area contributed by atoms with Crippen LogP contribution in [0.1, 0.15) is 41.3 Å². The smallest absolute Gasteiger partial charge is 0.349 e. The molecule has 1 heterocycles. The molecule has 1 aromatic heterocycles. The number of amides is 1. The van der Waals surface area contributed by atoms with Crippen LogP contribution in [0.5, 0.6) is 0 Å². The largest absolute Gasteiger partial charge is 0.422 e. The molecule has 1 amide bonds. The highest BCUT2D eigenvalue weighted by molar-refractivity contribution is 9.10. The lowest BCUT2D eigenvalue weighted by atomic mass is 9.98. The van der Waals surface area contributed by atoms with Crippen molar-refractivity contribution in [1.29, 1.82) is 0 Å². The molecule has 0 bridgehead atoms. The summed E-state index contributed by atoms with van der Waals surface area (Å²) in [5.41, 5.74) is 2.52. The van der Waals surface area contributed by atoms with Gasteiger partial charge in [-0.25, -0.2) is 4.79 Å². The Morgan fingerprint density at radius 2 is 1.92 bits per heavy atom. The Morgan fingerprint density at radius 3 is 2.64 bits per heavy atom. The van der Waals surface area contributed by atoms with E-state index >= 15 is 0 Å². The first kappa shape index (κ1) is 17.4. The van der Waals surface area contributed by atoms with E-state index in [4.69, 9.17) is 4.42 Å². The van der Waals surface area contributed by atoms with Crippen LogP contribution in [-0.2, 0) is 0 Å². The number of anilines is 1. The molecule has 0 fully saturated rings. The van der Waals surface area contributed by atoms with Gasteiger partial charge in [-0.2, -0.15) is 0 Å². The fourth-order valence-corrected chi connectivity index (χ4v) is 3.15. The Kier molecular flexibility index (Phi) is 4.77. The summed E-state index contributed by atoms with van der Waals surface area (Å²) in [6.45, 7) is 6.06. The standard InChI is InChI=1S/C20H18BrNO3/c1-11(2)15-6-4-5-12(3)18(15)22-19(23)16-10-13-9-14(21)7-8-17(13)25-20(16)24/h4-11H,1-3H3,(H,22,23). The first-order valence-corrected chi connectivity index (χ1v) is 8.80. The van der Waals surface area contributed by atoms with E-state index in [1.807, 2.05) is 31.2 Å². The fourth-order valence-electron chi connectivity index (χ4n) is 2.78. The topological polar surface area (TPSA) is 59.3 Å². The van der Waals surface area contributed by atoms with Gasteiger partial charge in [-0.05, 0) is 48.2 Å². The quantitative estimate of drug-likeness (QED) is 0.612. The van der Waals surface area contributed by atoms with Crippen LogP contribution in [-0.4, -0.2) is 5.91 Å². The van der Waals surface area contributed by atoms with Crippen LogP contribution >= 0.6 is 15.9 Å². The Hall–Kier alpha value is -2.40. The van der Waals surface area contributed by atoms with Crippen molar-refractivity contribution in [3.05, 3.63) is 74.0 Å². The zero-order chi connectivity index (χ0) is 18.1. The molecule has 0 aliphatic heterocycles. The van der Waals surface area contributed by atoms with Crippen LogP contribution in [0.2, 0.25) is 0 Å². The summed E-state index contributed by atoms with van der Waals surface area (Å²) in [5.74, 6) is -0.217. The average Bonchev–Trinajstić information content (AvgIpc) is 2.56. The zero-order valence-electron chi connectivity index (χ0n) is 14.2. The molecule has 0 spiro atoms. The van der Waals surface area contributed by atoms with E-state index in [1.54, 1.807) is 18.2 Å². The van der Waals surface area contributed by atoms with Crippen molar-refractivity contribution >= 4 is 38.5 Å². The number of rotatable bonds is 3. The van der Waals surface area contributed by atoms with Gasteiger partial charge < -0.3 is 9.73 Å². The van der Waals surface area contributed by atoms with E-state index in [9.17, 15) is 9.59 Å². The molecule has 1 N–H and O–H groups in total. The molecule has 0 aliphatic carbocycles. The molecule has 0 unspecified atom stereocenters. The Balaban J connectivity index is 2.04. The van der Waals surface area contributed by atoms with Crippen molar-refractivity contribution in [2.75, 3.05) is 5.32 Å². The molecule has 128 valence electrons. The number of halogens is 1. The molecule has 0 aliphatic rings. The Labute approximate surface area is 154 Å². The summed E-state index contributed by atoms with van der Waals surface area (Å²) >= 11 is 3.38. The number of hydrogen-bond donors (Lipinski definition) is 1. The van der Waals surface area contributed by atoms with Crippen LogP contribution in [0, 0.1) is 6.92 Å². The highest BCUT2D eigenvalue weighted by Crippen LogP contribution is 2.28. The monoisotopic (exact) mass is 399 g/mol. The maximum Gasteiger partial charge on any atom is 0.349 e. The number of aryl methyl sites for hydroxylation is 1. The van der Waals surface area contributed by atoms with Gasteiger partial charge >= 0.3 is 5.63 Å². The highest BCUT2D eigenvalue weighted by atomic mass is 79.9. The molecular formula is C20H18BrNO3. The van der Waals surface area contributed by atoms with Gasteiger partial charge in [-0.1, -0.05) is 48.0 Å². The number of para-hydroxylation sites is 1. The van der Waals surface area contributed by atoms with Crippen molar-refractivity contribution in [3.63, 3.8) is 0 Å². The van der Waals surface area contributed by atoms with Crippen molar-refractivity contribution < 1.29 is 9.21 Å². The SMILES string of the molecule is Cc1cccc(C(C)C)c1NC(=O)c1cc2cc(Br)ccc2oc1=O. The molecule has 3 rings (SSSR count). The van der Waals surface area contributed by atoms with Crippen LogP contribution in [0.25, 0.3) is 11.0 Å². The van der Waals surface area contributed by atoms with Gasteiger partial charge in [0.05, 0.1) is 0 Å². The Morgan fingerprint density at radius 1 is 1.16 bits per heavy atom. The first-order valence-electron chi connectivity index (χ1n) is 8.01. The van der Waals surface area contributed by atoms with Gasteiger partial charge in [0.25, 0.3) is 5.91 Å². The minimum absolute atomic E-state index is 0.0106. The summed E-state index contributed by atoms with van der Waals surface area (Å²) in [6.07, 6.45) is 0. The minimum Gasteiger partial charge on any atom is -0.422 e. The van der Waals surface area contributed by atoms with Crippen molar-refractivity contribution in [2.24, 2.45) is 0 Å². The lowest BCUT2D eigenvalue weighted by Crippen LogP contribution is -2.22. The maximum atomic E-state index is 12.7. The maximum absolute atomic E-state index is 12.7. The summed E-state index contributed by atoms with van der Waals surface area (Å²) in [5, 5.41) is 3.57. The summed E-state index contributed by atoms with van der Waals surface area (Å²) in [6, 6.07) is 12.7. The van der Waals surface area contributed by atoms with Gasteiger partial charge in [0.2, 0.25) is 0 Å². The second-order valence-electron chi connectivity index (χ2n) is 6.28. The fraction of sp³-hybridized carbons (Fsp3) is 0.200. The molecule has 0 radical (unpaired) electrons. The summed E-state index contributed by atoms with van der Waals surface area (Å²) in [4.78, 5) is 24.9. The predicted molar refractivity (Wildman–Crippen MR) is 103 cm³/mol. The van der Waals surface area contributed by atoms with Gasteiger partial charge in [-0.3, -0.25) is 4.79 Å². The number of nitrogens with one attached hydrogen (secondary N) is 1. The van der Waals surface area contributed by atoms with E-state index in [-0.39, 0.29) is 11.5 Å². The molecule has 5 heteroatoms. The lowest BCUT2D eigenvalue weighted by molar-refractivity contribution is 0.102. The third kappa shape index (κ3) is 3.51. The van der Waals surface area contributed by atoms with Gasteiger partial charge in [0, 0.05) is 15.5 Å². The molecule has 3 aromatic rings. The Bertz CT molecular complexity index is 1020. The number of fused-ring (bicyclic) bond motifs is 1. The molecular weight excluding hydrogens is 382 g/mol. The predicted octanol–water partition coefficient (Wildman–Crippen LogP) is 5.24. The number of carbonyl (C=O) groups excluding carboxylic acids is 1. The van der Waals surface area contributed by atoms with E-state index in [2.05, 4.69) is 35.1 Å². The molecule has 0 saturated carbocycles. The van der Waals surface area contributed by atoms with Crippen molar-refractivity contribution in [3.8, 4) is 0 Å². The van der Waals surface area contributed by atoms with Gasteiger partial charge in [0.15, 0.2) is 0 Å². The highest BCUT2D eigenvalue weighted by Gasteiger charge is 2.17. The van der Waals surface area contributed by atoms with Crippen LogP contribution in [0.3, 0.4) is 0 Å². The van der Waals surface area contributed by atoms with E-state index in [0.717, 1.165) is 21.3 Å². The molecule has 0 saturated heterocycles. The average molecular weight is 400 g/mol. The second-order valence-corrected chi connectivity index (χ2v) is 7.19. The normalized spacial score (nSPS) is 11.1. The summed E-state index contributed by atoms with van der Waals surface area (Å²) < 4.78 is 6.13. The van der Waals surface area contributed by atoms with Gasteiger partial charge in [-0.15, -0.1) is 0 Å². The van der Waals surface area contributed by atoms with Crippen molar-refractivity contribution in [2.45, 2.75) is 26.7 Å². The van der Waals surface area contributed by atoms with E-state index in [1.165, 1.54) is 0 Å². The third-order valence-electron chi connectivity index (χ3n) is 4.10. The van der Waals surface area contributed by atoms with E-state index < -0.39 is 11.5 Å². The first-order chi connectivity index (χ1) is 11.9. The van der Waals surface area contributed by atoms with Crippen molar-refractivity contribution in [1.82, 2.24) is 0 Å². The van der Waals surface area contributed by atoms with Gasteiger partial charge in [0.1, 0.15) is 11.1 Å². The number of carbonyl (C=O) groups is 1. The molecule has 25 heavy (non-hydrogen) atoms. The lowest BCUT2D eigenvalue weighted by Gasteiger charge is -2.16. The van der Waals surface area contributed by atoms with E-state index in [0.29, 0.717) is 11.0 Å². The third-order valence-corrected chi connectivity index (χ3v) is 4.60.